The highest BCUT2D eigenvalue weighted by Gasteiger charge is 2.35. The first kappa shape index (κ1) is 56.2. The number of aldehydes is 1. The first-order chi connectivity index (χ1) is 39.8. The molecule has 0 amide bonds. The number of benzene rings is 7. The Morgan fingerprint density at radius 1 is 0.566 bits per heavy atom. The summed E-state index contributed by atoms with van der Waals surface area (Å²) >= 11 is 8.58. The fraction of sp³-hybridized carbons (Fsp3) is 0.0476. The van der Waals surface area contributed by atoms with Gasteiger partial charge in [-0.05, 0) is 122 Å². The van der Waals surface area contributed by atoms with Crippen molar-refractivity contribution < 1.29 is 50.3 Å². The van der Waals surface area contributed by atoms with Crippen molar-refractivity contribution in [1.82, 2.24) is 9.97 Å². The summed E-state index contributed by atoms with van der Waals surface area (Å²) in [4.78, 5) is 78.8. The van der Waals surface area contributed by atoms with Crippen molar-refractivity contribution in [2.75, 3.05) is 0 Å². The van der Waals surface area contributed by atoms with E-state index in [1.165, 1.54) is 65.1 Å². The first-order valence-electron chi connectivity index (χ1n) is 24.6. The number of thiazole rings is 2. The number of hydrogen-bond acceptors (Lipinski definition) is 15. The number of carbonyl (C=O) groups is 2. The molecule has 0 saturated carbocycles. The minimum atomic E-state index is -4.71. The summed E-state index contributed by atoms with van der Waals surface area (Å²) in [6.07, 6.45) is -2.46. The number of nitrogens with zero attached hydrogens (tertiary/aromatic N) is 2. The third-order valence-corrected chi connectivity index (χ3v) is 14.8. The highest BCUT2D eigenvalue weighted by atomic mass is 35.5. The van der Waals surface area contributed by atoms with Crippen molar-refractivity contribution in [3.63, 3.8) is 0 Å². The summed E-state index contributed by atoms with van der Waals surface area (Å²) in [5.74, 6) is -1.17. The molecule has 13 aromatic rings. The smallest absolute Gasteiger partial charge is 0.423 e. The zero-order chi connectivity index (χ0) is 58.7. The molecule has 0 bridgehead atoms. The zero-order valence-electron chi connectivity index (χ0n) is 43.1. The van der Waals surface area contributed by atoms with Gasteiger partial charge >= 0.3 is 34.6 Å². The maximum atomic E-state index is 12.4. The molecule has 0 unspecified atom stereocenters. The Morgan fingerprint density at radius 3 is 1.59 bits per heavy atom. The van der Waals surface area contributed by atoms with Gasteiger partial charge in [-0.25, -0.2) is 33.9 Å². The molecule has 6 heterocycles. The quantitative estimate of drug-likeness (QED) is 0.116. The molecular weight excluding hydrogens is 1130 g/mol. The number of alkyl halides is 3. The molecule has 20 heteroatoms. The van der Waals surface area contributed by atoms with Crippen molar-refractivity contribution in [1.29, 1.82) is 0 Å². The van der Waals surface area contributed by atoms with Gasteiger partial charge in [0.2, 0.25) is 5.75 Å². The van der Waals surface area contributed by atoms with E-state index in [0.29, 0.717) is 54.4 Å². The largest absolute Gasteiger partial charge is 0.478 e. The number of carbonyl (C=O) groups excluding carboxylic acids is 1. The minimum absolute atomic E-state index is 0.0329. The maximum absolute atomic E-state index is 12.4. The molecule has 0 saturated heterocycles. The van der Waals surface area contributed by atoms with E-state index < -0.39 is 34.6 Å². The zero-order valence-corrected chi connectivity index (χ0v) is 45.5. The van der Waals surface area contributed by atoms with Crippen LogP contribution in [0, 0.1) is 13.8 Å². The third kappa shape index (κ3) is 12.6. The summed E-state index contributed by atoms with van der Waals surface area (Å²) in [6.45, 7) is 7.47. The molecule has 412 valence electrons. The summed E-state index contributed by atoms with van der Waals surface area (Å²) in [5, 5.41) is 13.5. The predicted octanol–water partition coefficient (Wildman–Crippen LogP) is 16.0. The molecule has 13 rings (SSSR count). The van der Waals surface area contributed by atoms with Gasteiger partial charge < -0.3 is 27.5 Å². The number of rotatable bonds is 7. The second kappa shape index (κ2) is 23.6. The molecule has 0 spiro atoms. The van der Waals surface area contributed by atoms with Gasteiger partial charge in [-0.3, -0.25) is 4.79 Å². The monoisotopic (exact) mass is 1170 g/mol. The lowest BCUT2D eigenvalue weighted by Gasteiger charge is -2.09. The van der Waals surface area contributed by atoms with Gasteiger partial charge in [-0.2, -0.15) is 13.2 Å². The van der Waals surface area contributed by atoms with Crippen LogP contribution in [0.25, 0.3) is 91.5 Å². The van der Waals surface area contributed by atoms with E-state index in [4.69, 9.17) is 29.6 Å². The van der Waals surface area contributed by atoms with Gasteiger partial charge in [-0.1, -0.05) is 91.0 Å². The molecule has 0 atom stereocenters. The fourth-order valence-corrected chi connectivity index (χ4v) is 10.4. The number of ether oxygens (including phenoxy) is 1. The molecular formula is C63H38ClF3N2O12S2. The van der Waals surface area contributed by atoms with Crippen LogP contribution in [0.4, 0.5) is 13.2 Å². The van der Waals surface area contributed by atoms with Crippen LogP contribution in [0.5, 0.6) is 11.5 Å². The second-order valence-corrected chi connectivity index (χ2v) is 20.8. The van der Waals surface area contributed by atoms with Crippen LogP contribution >= 0.6 is 34.3 Å². The highest BCUT2D eigenvalue weighted by molar-refractivity contribution is 7.22. The number of carboxylic acids is 1. The number of aromatic nitrogens is 2. The Morgan fingerprint density at radius 2 is 1.05 bits per heavy atom. The molecule has 0 aliphatic heterocycles. The lowest BCUT2D eigenvalue weighted by molar-refractivity contribution is -0.139. The average Bonchev–Trinajstić information content (AvgIpc) is 4.36. The lowest BCUT2D eigenvalue weighted by atomic mass is 10.1. The van der Waals surface area contributed by atoms with Crippen LogP contribution in [-0.2, 0) is 6.18 Å². The minimum Gasteiger partial charge on any atom is -0.478 e. The van der Waals surface area contributed by atoms with Gasteiger partial charge in [0.1, 0.15) is 55.5 Å². The number of hydrogen-bond donors (Lipinski definition) is 1. The standard InChI is InChI=1S/C19H14O5.C17H9NO3S.C17H11NO2S.C10H4ClF3O2/c1-3-12-5-7-15(14(9-12)18(20)21)23-17-10-13-6-4-11(2)8-16(13)24-19(17)22;19-9-10-5-6-11-8-12(17(20)21-14(11)7-10)16-18-13-3-1-2-4-15(13)22-16;1-10-6-7-11-9-12(17(19)20-14(11)8-10)16-18-13-4-2-3-5-15(13)21-16;11-6-2-1-5-3-7(10(12,13)14)9(15)16-8(5)4-6/h3-10H,1H2,2H3,(H,20,21);1-9H;2-9H,1H3;1-4H. The number of fused-ring (bicyclic) bond motifs is 6. The number of aryl methyl sites for hydroxylation is 2. The number of para-hydroxylation sites is 2. The van der Waals surface area contributed by atoms with E-state index in [2.05, 4.69) is 21.0 Å². The van der Waals surface area contributed by atoms with Crippen LogP contribution in [0.15, 0.2) is 207 Å². The Labute approximate surface area is 477 Å². The number of halogens is 4. The molecule has 14 nitrogen and oxygen atoms in total. The Bertz CT molecular complexity index is 4900. The van der Waals surface area contributed by atoms with Crippen molar-refractivity contribution in [3.05, 3.63) is 250 Å². The molecule has 6 aromatic heterocycles. The van der Waals surface area contributed by atoms with Crippen molar-refractivity contribution >= 4 is 117 Å². The Kier molecular flexibility index (Phi) is 16.0. The SMILES string of the molecule is C=Cc1ccc(Oc2cc3ccc(C)cc3oc2=O)c(C(=O)O)c1.Cc1ccc2cc(-c3nc4ccccc4s3)c(=O)oc2c1.O=Cc1ccc2cc(-c3nc4ccccc4s3)c(=O)oc2c1.O=c1oc2cc(Cl)ccc2cc1C(F)(F)F. The van der Waals surface area contributed by atoms with Gasteiger partial charge in [0.25, 0.3) is 0 Å². The van der Waals surface area contributed by atoms with Crippen molar-refractivity contribution in [2.24, 2.45) is 0 Å². The average molecular weight is 1170 g/mol. The van der Waals surface area contributed by atoms with E-state index >= 15 is 0 Å². The van der Waals surface area contributed by atoms with Gasteiger partial charge in [0, 0.05) is 38.2 Å². The fourth-order valence-electron chi connectivity index (χ4n) is 8.30. The number of carboxylic acid groups (broad SMARTS) is 1. The summed E-state index contributed by atoms with van der Waals surface area (Å²) < 4.78 is 65.3. The molecule has 1 N–H and O–H groups in total. The van der Waals surface area contributed by atoms with E-state index in [-0.39, 0.29) is 38.7 Å². The van der Waals surface area contributed by atoms with E-state index in [0.717, 1.165) is 54.7 Å². The van der Waals surface area contributed by atoms with Crippen LogP contribution < -0.4 is 27.2 Å². The van der Waals surface area contributed by atoms with E-state index in [1.54, 1.807) is 42.5 Å². The highest BCUT2D eigenvalue weighted by Crippen LogP contribution is 2.33. The molecule has 0 aliphatic rings. The van der Waals surface area contributed by atoms with Crippen molar-refractivity contribution in [2.45, 2.75) is 20.0 Å². The summed E-state index contributed by atoms with van der Waals surface area (Å²) in [5.41, 5.74) is 3.12. The Balaban J connectivity index is 0.000000125. The maximum Gasteiger partial charge on any atom is 0.423 e. The summed E-state index contributed by atoms with van der Waals surface area (Å²) in [7, 11) is 0. The van der Waals surface area contributed by atoms with Crippen molar-refractivity contribution in [3.8, 4) is 32.6 Å². The number of aromatic carboxylic acids is 1. The Hall–Kier alpha value is -10.1. The van der Waals surface area contributed by atoms with Gasteiger partial charge in [-0.15, -0.1) is 22.7 Å². The van der Waals surface area contributed by atoms with E-state index in [1.807, 2.05) is 92.7 Å². The third-order valence-electron chi connectivity index (χ3n) is 12.4. The first-order valence-corrected chi connectivity index (χ1v) is 26.6. The van der Waals surface area contributed by atoms with E-state index in [9.17, 15) is 47.0 Å². The molecule has 0 aliphatic carbocycles. The van der Waals surface area contributed by atoms with Crippen LogP contribution in [-0.4, -0.2) is 27.3 Å². The lowest BCUT2D eigenvalue weighted by Crippen LogP contribution is -2.17. The molecule has 83 heavy (non-hydrogen) atoms. The van der Waals surface area contributed by atoms with Crippen LogP contribution in [0.1, 0.15) is 43.0 Å². The second-order valence-electron chi connectivity index (χ2n) is 18.3. The normalized spacial score (nSPS) is 11.2. The van der Waals surface area contributed by atoms with Gasteiger partial charge in [0.05, 0.1) is 31.6 Å². The van der Waals surface area contributed by atoms with Crippen LogP contribution in [0.3, 0.4) is 0 Å². The van der Waals surface area contributed by atoms with Crippen LogP contribution in [0.2, 0.25) is 5.02 Å². The summed E-state index contributed by atoms with van der Waals surface area (Å²) in [6, 6.07) is 46.4. The topological polar surface area (TPSA) is 210 Å². The predicted molar refractivity (Wildman–Crippen MR) is 316 cm³/mol. The molecule has 7 aromatic carbocycles. The van der Waals surface area contributed by atoms with Gasteiger partial charge in [0.15, 0.2) is 0 Å². The molecule has 0 fully saturated rings. The molecule has 0 radical (unpaired) electrons.